The zero-order valence-electron chi connectivity index (χ0n) is 11.7. The topological polar surface area (TPSA) is 85.1 Å². The van der Waals surface area contributed by atoms with Crippen LogP contribution in [0, 0.1) is 10.1 Å². The highest BCUT2D eigenvalue weighted by molar-refractivity contribution is 5.42. The molecular weight excluding hydrogens is 264 g/mol. The van der Waals surface area contributed by atoms with E-state index >= 15 is 0 Å². The maximum atomic E-state index is 10.9. The van der Waals surface area contributed by atoms with Gasteiger partial charge in [-0.05, 0) is 11.6 Å². The van der Waals surface area contributed by atoms with Crippen molar-refractivity contribution >= 4 is 5.69 Å². The van der Waals surface area contributed by atoms with Crippen LogP contribution in [0.5, 0.6) is 5.75 Å². The van der Waals surface area contributed by atoms with E-state index in [-0.39, 0.29) is 12.3 Å². The van der Waals surface area contributed by atoms with Gasteiger partial charge in [0.1, 0.15) is 5.75 Å². The Balaban J connectivity index is 2.87. The Labute approximate surface area is 117 Å². The van der Waals surface area contributed by atoms with Gasteiger partial charge in [0, 0.05) is 32.8 Å². The molecule has 0 saturated carbocycles. The molecule has 1 aromatic rings. The minimum atomic E-state index is -0.447. The Morgan fingerprint density at radius 3 is 2.60 bits per heavy atom. The van der Waals surface area contributed by atoms with Crippen molar-refractivity contribution in [3.05, 3.63) is 33.9 Å². The largest absolute Gasteiger partial charge is 0.496 e. The van der Waals surface area contributed by atoms with Crippen LogP contribution in [-0.2, 0) is 11.3 Å². The number of aliphatic hydroxyl groups excluding tert-OH is 1. The summed E-state index contributed by atoms with van der Waals surface area (Å²) < 4.78 is 10.1. The molecule has 7 heteroatoms. The Hall–Kier alpha value is -1.70. The van der Waals surface area contributed by atoms with E-state index in [9.17, 15) is 10.1 Å². The summed E-state index contributed by atoms with van der Waals surface area (Å²) in [5.74, 6) is 0.449. The number of aliphatic hydroxyl groups is 1. The smallest absolute Gasteiger partial charge is 0.273 e. The minimum absolute atomic E-state index is 0.00459. The fraction of sp³-hybridized carbons (Fsp3) is 0.538. The standard InChI is InChI=1S/C13H20N2O5/c1-19-6-4-14(3-5-16)10-11-7-12(15(17)18)9-13(8-11)20-2/h7-9,16H,3-6,10H2,1-2H3. The lowest BCUT2D eigenvalue weighted by Gasteiger charge is -2.21. The molecule has 20 heavy (non-hydrogen) atoms. The summed E-state index contributed by atoms with van der Waals surface area (Å²) in [4.78, 5) is 12.4. The van der Waals surface area contributed by atoms with Crippen molar-refractivity contribution in [2.75, 3.05) is 40.5 Å². The average Bonchev–Trinajstić information content (AvgIpc) is 2.44. The quantitative estimate of drug-likeness (QED) is 0.539. The van der Waals surface area contributed by atoms with Crippen LogP contribution in [0.15, 0.2) is 18.2 Å². The van der Waals surface area contributed by atoms with Gasteiger partial charge in [0.05, 0.1) is 31.3 Å². The third kappa shape index (κ3) is 5.12. The van der Waals surface area contributed by atoms with Gasteiger partial charge in [-0.25, -0.2) is 0 Å². The van der Waals surface area contributed by atoms with Crippen LogP contribution in [0.4, 0.5) is 5.69 Å². The van der Waals surface area contributed by atoms with Gasteiger partial charge in [0.25, 0.3) is 5.69 Å². The zero-order valence-corrected chi connectivity index (χ0v) is 11.7. The molecule has 0 spiro atoms. The molecule has 0 saturated heterocycles. The van der Waals surface area contributed by atoms with Gasteiger partial charge in [-0.2, -0.15) is 0 Å². The predicted octanol–water partition coefficient (Wildman–Crippen LogP) is 1.04. The van der Waals surface area contributed by atoms with Crippen molar-refractivity contribution in [1.29, 1.82) is 0 Å². The molecule has 0 aliphatic rings. The number of nitrogens with zero attached hydrogens (tertiary/aromatic N) is 2. The summed E-state index contributed by atoms with van der Waals surface area (Å²) in [5.41, 5.74) is 0.760. The second-order valence-electron chi connectivity index (χ2n) is 4.29. The first kappa shape index (κ1) is 16.4. The SMILES string of the molecule is COCCN(CCO)Cc1cc(OC)cc([N+](=O)[O-])c1. The monoisotopic (exact) mass is 284 g/mol. The molecular formula is C13H20N2O5. The first-order valence-corrected chi connectivity index (χ1v) is 6.25. The number of rotatable bonds is 9. The van der Waals surface area contributed by atoms with Crippen LogP contribution >= 0.6 is 0 Å². The van der Waals surface area contributed by atoms with Gasteiger partial charge in [-0.1, -0.05) is 0 Å². The van der Waals surface area contributed by atoms with E-state index in [0.29, 0.717) is 32.0 Å². The summed E-state index contributed by atoms with van der Waals surface area (Å²) in [7, 11) is 3.08. The number of hydrogen-bond donors (Lipinski definition) is 1. The minimum Gasteiger partial charge on any atom is -0.496 e. The molecule has 0 aromatic heterocycles. The molecule has 0 atom stereocenters. The summed E-state index contributed by atoms with van der Waals surface area (Å²) in [6, 6.07) is 4.65. The number of non-ortho nitro benzene ring substituents is 1. The third-order valence-corrected chi connectivity index (χ3v) is 2.83. The van der Waals surface area contributed by atoms with Crippen molar-refractivity contribution in [2.45, 2.75) is 6.54 Å². The molecule has 112 valence electrons. The fourth-order valence-electron chi connectivity index (χ4n) is 1.85. The van der Waals surface area contributed by atoms with Gasteiger partial charge in [-0.3, -0.25) is 15.0 Å². The van der Waals surface area contributed by atoms with Crippen LogP contribution in [0.3, 0.4) is 0 Å². The molecule has 1 N–H and O–H groups in total. The molecule has 1 aromatic carbocycles. The fourth-order valence-corrected chi connectivity index (χ4v) is 1.85. The van der Waals surface area contributed by atoms with E-state index < -0.39 is 4.92 Å². The molecule has 0 bridgehead atoms. The Morgan fingerprint density at radius 1 is 1.30 bits per heavy atom. The first-order chi connectivity index (χ1) is 9.60. The lowest BCUT2D eigenvalue weighted by atomic mass is 10.1. The van der Waals surface area contributed by atoms with E-state index in [1.807, 2.05) is 4.90 Å². The summed E-state index contributed by atoms with van der Waals surface area (Å²) in [6.07, 6.45) is 0. The highest BCUT2D eigenvalue weighted by atomic mass is 16.6. The van der Waals surface area contributed by atoms with Gasteiger partial charge in [0.15, 0.2) is 0 Å². The van der Waals surface area contributed by atoms with Gasteiger partial charge in [0.2, 0.25) is 0 Å². The Morgan fingerprint density at radius 2 is 2.05 bits per heavy atom. The first-order valence-electron chi connectivity index (χ1n) is 6.25. The number of ether oxygens (including phenoxy) is 2. The van der Waals surface area contributed by atoms with E-state index in [4.69, 9.17) is 14.6 Å². The molecule has 0 unspecified atom stereocenters. The normalized spacial score (nSPS) is 10.8. The van der Waals surface area contributed by atoms with Gasteiger partial charge >= 0.3 is 0 Å². The van der Waals surface area contributed by atoms with Crippen molar-refractivity contribution in [3.63, 3.8) is 0 Å². The number of methoxy groups -OCH3 is 2. The van der Waals surface area contributed by atoms with Crippen LogP contribution in [0.25, 0.3) is 0 Å². The van der Waals surface area contributed by atoms with Crippen LogP contribution < -0.4 is 4.74 Å². The Bertz CT molecular complexity index is 439. The molecule has 0 aliphatic heterocycles. The second kappa shape index (κ2) is 8.47. The molecule has 0 radical (unpaired) electrons. The molecule has 0 aliphatic carbocycles. The van der Waals surface area contributed by atoms with Crippen LogP contribution in [0.1, 0.15) is 5.56 Å². The van der Waals surface area contributed by atoms with Crippen molar-refractivity contribution < 1.29 is 19.5 Å². The maximum absolute atomic E-state index is 10.9. The summed E-state index contributed by atoms with van der Waals surface area (Å²) in [6.45, 7) is 2.17. The summed E-state index contributed by atoms with van der Waals surface area (Å²) in [5, 5.41) is 19.9. The van der Waals surface area contributed by atoms with E-state index in [2.05, 4.69) is 0 Å². The number of nitro benzene ring substituents is 1. The highest BCUT2D eigenvalue weighted by Gasteiger charge is 2.12. The van der Waals surface area contributed by atoms with Gasteiger partial charge < -0.3 is 14.6 Å². The lowest BCUT2D eigenvalue weighted by molar-refractivity contribution is -0.385. The summed E-state index contributed by atoms with van der Waals surface area (Å²) >= 11 is 0. The van der Waals surface area contributed by atoms with Crippen molar-refractivity contribution in [2.24, 2.45) is 0 Å². The second-order valence-corrected chi connectivity index (χ2v) is 4.29. The van der Waals surface area contributed by atoms with Crippen LogP contribution in [-0.4, -0.2) is 55.5 Å². The molecule has 0 fully saturated rings. The third-order valence-electron chi connectivity index (χ3n) is 2.83. The van der Waals surface area contributed by atoms with E-state index in [0.717, 1.165) is 5.56 Å². The predicted molar refractivity (Wildman–Crippen MR) is 73.9 cm³/mol. The molecule has 7 nitrogen and oxygen atoms in total. The number of nitro groups is 1. The molecule has 0 amide bonds. The van der Waals surface area contributed by atoms with Crippen molar-refractivity contribution in [3.8, 4) is 5.75 Å². The zero-order chi connectivity index (χ0) is 15.0. The lowest BCUT2D eigenvalue weighted by Crippen LogP contribution is -2.29. The molecule has 0 heterocycles. The van der Waals surface area contributed by atoms with Gasteiger partial charge in [-0.15, -0.1) is 0 Å². The number of hydrogen-bond acceptors (Lipinski definition) is 6. The Kier molecular flexibility index (Phi) is 6.92. The van der Waals surface area contributed by atoms with Crippen LogP contribution in [0.2, 0.25) is 0 Å². The molecule has 1 rings (SSSR count). The maximum Gasteiger partial charge on any atom is 0.273 e. The van der Waals surface area contributed by atoms with E-state index in [1.54, 1.807) is 13.2 Å². The van der Waals surface area contributed by atoms with E-state index in [1.165, 1.54) is 19.2 Å². The highest BCUT2D eigenvalue weighted by Crippen LogP contribution is 2.23. The van der Waals surface area contributed by atoms with Crippen molar-refractivity contribution in [1.82, 2.24) is 4.90 Å². The number of benzene rings is 1. The average molecular weight is 284 g/mol.